The number of carbonyl (C=O) groups is 2. The highest BCUT2D eigenvalue weighted by atomic mass is 32.1. The molecule has 1 aliphatic rings. The van der Waals surface area contributed by atoms with Crippen LogP contribution in [0.3, 0.4) is 0 Å². The first-order valence-corrected chi connectivity index (χ1v) is 9.76. The zero-order chi connectivity index (χ0) is 20.3. The van der Waals surface area contributed by atoms with Crippen molar-refractivity contribution in [1.29, 1.82) is 0 Å². The lowest BCUT2D eigenvalue weighted by atomic mass is 10.1. The molecule has 8 nitrogen and oxygen atoms in total. The summed E-state index contributed by atoms with van der Waals surface area (Å²) in [5, 5.41) is 14.3. The molecule has 0 unspecified atom stereocenters. The van der Waals surface area contributed by atoms with Gasteiger partial charge in [0.25, 0.3) is 5.91 Å². The quantitative estimate of drug-likeness (QED) is 0.428. The molecule has 28 heavy (non-hydrogen) atoms. The number of ether oxygens (including phenoxy) is 2. The van der Waals surface area contributed by atoms with Gasteiger partial charge in [-0.25, -0.2) is 4.79 Å². The molecule has 0 fully saturated rings. The normalized spacial score (nSPS) is 13.5. The fraction of sp³-hybridized carbons (Fsp3) is 0.368. The minimum atomic E-state index is -0.993. The summed E-state index contributed by atoms with van der Waals surface area (Å²) in [5.74, 6) is -0.942. The first-order valence-electron chi connectivity index (χ1n) is 8.95. The van der Waals surface area contributed by atoms with Crippen molar-refractivity contribution < 1.29 is 24.0 Å². The first kappa shape index (κ1) is 19.8. The monoisotopic (exact) mass is 404 g/mol. The number of nitrogens with one attached hydrogen (secondary N) is 1. The average molecular weight is 404 g/mol. The number of rotatable bonds is 7. The van der Waals surface area contributed by atoms with Gasteiger partial charge >= 0.3 is 11.7 Å². The molecule has 0 saturated heterocycles. The van der Waals surface area contributed by atoms with E-state index in [1.165, 1.54) is 36.5 Å². The summed E-state index contributed by atoms with van der Waals surface area (Å²) in [5.41, 5.74) is 1.13. The van der Waals surface area contributed by atoms with Crippen LogP contribution in [0, 0.1) is 10.1 Å². The third-order valence-corrected chi connectivity index (χ3v) is 5.58. The second kappa shape index (κ2) is 8.39. The summed E-state index contributed by atoms with van der Waals surface area (Å²) < 4.78 is 10.6. The number of fused-ring (bicyclic) bond motifs is 1. The molecule has 0 bridgehead atoms. The van der Waals surface area contributed by atoms with Gasteiger partial charge in [-0.3, -0.25) is 14.9 Å². The van der Waals surface area contributed by atoms with Crippen molar-refractivity contribution >= 4 is 33.9 Å². The highest BCUT2D eigenvalue weighted by Gasteiger charge is 2.29. The van der Waals surface area contributed by atoms with Gasteiger partial charge in [-0.15, -0.1) is 11.3 Å². The van der Waals surface area contributed by atoms with Gasteiger partial charge in [0.05, 0.1) is 17.1 Å². The fourth-order valence-electron chi connectivity index (χ4n) is 3.08. The van der Waals surface area contributed by atoms with Gasteiger partial charge in [0.2, 0.25) is 0 Å². The van der Waals surface area contributed by atoms with Gasteiger partial charge in [-0.05, 0) is 44.7 Å². The number of aryl methyl sites for hydroxylation is 1. The van der Waals surface area contributed by atoms with Crippen LogP contribution in [0.5, 0.6) is 5.75 Å². The Kier molecular flexibility index (Phi) is 5.93. The minimum absolute atomic E-state index is 0.00874. The molecule has 1 amide bonds. The summed E-state index contributed by atoms with van der Waals surface area (Å²) in [4.78, 5) is 36.6. The number of hydrogen-bond acceptors (Lipinski definition) is 7. The van der Waals surface area contributed by atoms with Gasteiger partial charge in [0.1, 0.15) is 5.00 Å². The largest absolute Gasteiger partial charge is 0.474 e. The third kappa shape index (κ3) is 3.99. The molecule has 2 aromatic rings. The van der Waals surface area contributed by atoms with Crippen LogP contribution in [-0.2, 0) is 22.4 Å². The van der Waals surface area contributed by atoms with Crippen LogP contribution in [-0.4, -0.2) is 29.5 Å². The molecule has 3 rings (SSSR count). The number of nitro benzene ring substituents is 1. The van der Waals surface area contributed by atoms with E-state index in [1.807, 2.05) is 0 Å². The molecule has 0 saturated carbocycles. The van der Waals surface area contributed by atoms with Gasteiger partial charge < -0.3 is 14.8 Å². The predicted molar refractivity (Wildman–Crippen MR) is 104 cm³/mol. The Hall–Kier alpha value is -2.94. The first-order chi connectivity index (χ1) is 13.4. The Morgan fingerprint density at radius 2 is 2.07 bits per heavy atom. The number of nitro groups is 1. The van der Waals surface area contributed by atoms with E-state index in [0.717, 1.165) is 29.7 Å². The molecule has 9 heteroatoms. The van der Waals surface area contributed by atoms with Crippen LogP contribution in [0.15, 0.2) is 24.3 Å². The van der Waals surface area contributed by atoms with Crippen molar-refractivity contribution in [1.82, 2.24) is 0 Å². The van der Waals surface area contributed by atoms with Gasteiger partial charge in [0, 0.05) is 10.9 Å². The maximum Gasteiger partial charge on any atom is 0.341 e. The molecule has 148 valence electrons. The van der Waals surface area contributed by atoms with Crippen LogP contribution >= 0.6 is 11.3 Å². The SMILES string of the molecule is CCOC(=O)c1c(NC(=O)[C@@H](C)Oc2ccccc2[N+](=O)[O-])sc2c1CCC2. The number of hydrogen-bond donors (Lipinski definition) is 1. The van der Waals surface area contributed by atoms with E-state index in [0.29, 0.717) is 10.6 Å². The lowest BCUT2D eigenvalue weighted by Crippen LogP contribution is -2.30. The number of nitrogens with zero attached hydrogens (tertiary/aromatic N) is 1. The van der Waals surface area contributed by atoms with Crippen molar-refractivity contribution in [3.05, 3.63) is 50.4 Å². The number of thiophene rings is 1. The van der Waals surface area contributed by atoms with E-state index in [4.69, 9.17) is 9.47 Å². The maximum atomic E-state index is 12.6. The highest BCUT2D eigenvalue weighted by Crippen LogP contribution is 2.39. The summed E-state index contributed by atoms with van der Waals surface area (Å²) in [6.07, 6.45) is 1.62. The third-order valence-electron chi connectivity index (χ3n) is 4.37. The van der Waals surface area contributed by atoms with Crippen LogP contribution in [0.4, 0.5) is 10.7 Å². The number of para-hydroxylation sites is 2. The zero-order valence-corrected chi connectivity index (χ0v) is 16.3. The van der Waals surface area contributed by atoms with Crippen LogP contribution in [0.25, 0.3) is 0 Å². The lowest BCUT2D eigenvalue weighted by Gasteiger charge is -2.15. The standard InChI is InChI=1S/C19H20N2O6S/c1-3-26-19(23)16-12-7-6-10-15(12)28-18(16)20-17(22)11(2)27-14-9-5-4-8-13(14)21(24)25/h4-5,8-9,11H,3,6-7,10H2,1-2H3,(H,20,22)/t11-/m1/s1. The van der Waals surface area contributed by atoms with Crippen molar-refractivity contribution in [2.45, 2.75) is 39.2 Å². The van der Waals surface area contributed by atoms with E-state index < -0.39 is 22.9 Å². The smallest absolute Gasteiger partial charge is 0.341 e. The Labute approximate surface area is 165 Å². The molecule has 1 heterocycles. The molecule has 0 spiro atoms. The van der Waals surface area contributed by atoms with Crippen LogP contribution in [0.2, 0.25) is 0 Å². The van der Waals surface area contributed by atoms with E-state index in [2.05, 4.69) is 5.32 Å². The average Bonchev–Trinajstić information content (AvgIpc) is 3.22. The number of esters is 1. The van der Waals surface area contributed by atoms with Gasteiger partial charge in [0.15, 0.2) is 11.9 Å². The molecular weight excluding hydrogens is 384 g/mol. The Morgan fingerprint density at radius 1 is 1.32 bits per heavy atom. The zero-order valence-electron chi connectivity index (χ0n) is 15.5. The van der Waals surface area contributed by atoms with Crippen molar-refractivity contribution in [3.8, 4) is 5.75 Å². The van der Waals surface area contributed by atoms with Crippen molar-refractivity contribution in [2.24, 2.45) is 0 Å². The molecule has 1 aromatic heterocycles. The number of carbonyl (C=O) groups excluding carboxylic acids is 2. The summed E-state index contributed by atoms with van der Waals surface area (Å²) >= 11 is 1.37. The Morgan fingerprint density at radius 3 is 2.79 bits per heavy atom. The number of anilines is 1. The number of amides is 1. The van der Waals surface area contributed by atoms with E-state index in [1.54, 1.807) is 13.0 Å². The summed E-state index contributed by atoms with van der Waals surface area (Å²) in [6, 6.07) is 5.86. The summed E-state index contributed by atoms with van der Waals surface area (Å²) in [6.45, 7) is 3.47. The molecule has 1 aliphatic carbocycles. The molecule has 1 atom stereocenters. The molecule has 1 aromatic carbocycles. The van der Waals surface area contributed by atoms with Crippen molar-refractivity contribution in [3.63, 3.8) is 0 Å². The van der Waals surface area contributed by atoms with E-state index in [9.17, 15) is 19.7 Å². The second-order valence-electron chi connectivity index (χ2n) is 6.26. The van der Waals surface area contributed by atoms with Crippen LogP contribution < -0.4 is 10.1 Å². The van der Waals surface area contributed by atoms with E-state index in [-0.39, 0.29) is 18.0 Å². The number of benzene rings is 1. The Balaban J connectivity index is 1.78. The molecule has 0 radical (unpaired) electrons. The molecule has 0 aliphatic heterocycles. The van der Waals surface area contributed by atoms with Crippen LogP contribution in [0.1, 0.15) is 41.1 Å². The van der Waals surface area contributed by atoms with Gasteiger partial charge in [-0.2, -0.15) is 0 Å². The van der Waals surface area contributed by atoms with Crippen molar-refractivity contribution in [2.75, 3.05) is 11.9 Å². The lowest BCUT2D eigenvalue weighted by molar-refractivity contribution is -0.386. The molecular formula is C19H20N2O6S. The summed E-state index contributed by atoms with van der Waals surface area (Å²) in [7, 11) is 0. The van der Waals surface area contributed by atoms with Gasteiger partial charge in [-0.1, -0.05) is 12.1 Å². The topological polar surface area (TPSA) is 108 Å². The Bertz CT molecular complexity index is 923. The maximum absolute atomic E-state index is 12.6. The second-order valence-corrected chi connectivity index (χ2v) is 7.36. The highest BCUT2D eigenvalue weighted by molar-refractivity contribution is 7.17. The minimum Gasteiger partial charge on any atom is -0.474 e. The predicted octanol–water partition coefficient (Wildman–Crippen LogP) is 3.73. The molecule has 1 N–H and O–H groups in total. The van der Waals surface area contributed by atoms with E-state index >= 15 is 0 Å². The fourth-order valence-corrected chi connectivity index (χ4v) is 4.36.